The van der Waals surface area contributed by atoms with Crippen molar-refractivity contribution in [2.45, 2.75) is 55.1 Å². The van der Waals surface area contributed by atoms with E-state index >= 15 is 4.39 Å². The molecule has 2 heterocycles. The molecule has 5 rings (SSSR count). The number of amides is 2. The van der Waals surface area contributed by atoms with Gasteiger partial charge in [-0.25, -0.2) is 27.4 Å². The SMILES string of the molecule is COC(=O)N(OC(=O)C(F)(F)F)c1ccc(S(=O)(=O)C(C)C)c([C@H]2CCCN2C(=O)[C@@H](Nc2ccc3c(N)nccc3c2)c2cc(OC)c(OC)cc2F)c1. The van der Waals surface area contributed by atoms with Crippen molar-refractivity contribution in [3.8, 4) is 11.5 Å². The number of pyridine rings is 1. The van der Waals surface area contributed by atoms with Crippen molar-refractivity contribution in [1.29, 1.82) is 0 Å². The minimum absolute atomic E-state index is 0.0334. The molecular formula is C36H37F4N5O9S. The second-order valence-electron chi connectivity index (χ2n) is 12.6. The molecule has 294 valence electrons. The zero-order valence-corrected chi connectivity index (χ0v) is 31.0. The number of anilines is 3. The van der Waals surface area contributed by atoms with Crippen LogP contribution in [0.3, 0.4) is 0 Å². The highest BCUT2D eigenvalue weighted by Crippen LogP contribution is 2.42. The fraction of sp³-hybridized carbons (Fsp3) is 0.333. The van der Waals surface area contributed by atoms with Crippen LogP contribution in [-0.2, 0) is 29.0 Å². The van der Waals surface area contributed by atoms with Crippen LogP contribution in [0.5, 0.6) is 11.5 Å². The van der Waals surface area contributed by atoms with Crippen molar-refractivity contribution in [3.63, 3.8) is 0 Å². The van der Waals surface area contributed by atoms with Gasteiger partial charge in [-0.15, -0.1) is 5.06 Å². The molecule has 4 aromatic rings. The molecule has 2 amide bonds. The lowest BCUT2D eigenvalue weighted by Crippen LogP contribution is -2.39. The minimum atomic E-state index is -5.51. The summed E-state index contributed by atoms with van der Waals surface area (Å²) in [5, 5.41) is 3.29. The fourth-order valence-corrected chi connectivity index (χ4v) is 7.48. The highest BCUT2D eigenvalue weighted by atomic mass is 32.2. The number of halogens is 4. The van der Waals surface area contributed by atoms with Gasteiger partial charge in [-0.1, -0.05) is 0 Å². The number of fused-ring (bicyclic) bond motifs is 1. The lowest BCUT2D eigenvalue weighted by Gasteiger charge is -2.32. The first-order chi connectivity index (χ1) is 25.9. The molecule has 0 saturated carbocycles. The molecule has 2 atom stereocenters. The van der Waals surface area contributed by atoms with Crippen molar-refractivity contribution < 1.29 is 59.4 Å². The molecule has 1 aliphatic rings. The van der Waals surface area contributed by atoms with Gasteiger partial charge in [0, 0.05) is 35.4 Å². The van der Waals surface area contributed by atoms with Gasteiger partial charge in [-0.3, -0.25) is 4.79 Å². The van der Waals surface area contributed by atoms with Crippen LogP contribution < -0.4 is 25.6 Å². The minimum Gasteiger partial charge on any atom is -0.493 e. The Hall–Kier alpha value is -5.85. The van der Waals surface area contributed by atoms with Crippen molar-refractivity contribution in [2.75, 3.05) is 44.0 Å². The van der Waals surface area contributed by atoms with E-state index in [2.05, 4.69) is 19.9 Å². The molecule has 0 spiro atoms. The Morgan fingerprint density at radius 2 is 1.69 bits per heavy atom. The molecule has 14 nitrogen and oxygen atoms in total. The molecule has 0 unspecified atom stereocenters. The summed E-state index contributed by atoms with van der Waals surface area (Å²) >= 11 is 0. The maximum atomic E-state index is 16.0. The summed E-state index contributed by atoms with van der Waals surface area (Å²) in [5.41, 5.74) is 5.62. The van der Waals surface area contributed by atoms with Crippen molar-refractivity contribution in [2.24, 2.45) is 0 Å². The Labute approximate surface area is 313 Å². The van der Waals surface area contributed by atoms with E-state index in [1.807, 2.05) is 0 Å². The first-order valence-corrected chi connectivity index (χ1v) is 18.1. The molecule has 1 aromatic heterocycles. The Balaban J connectivity index is 1.66. The van der Waals surface area contributed by atoms with E-state index in [1.54, 1.807) is 24.3 Å². The number of nitrogen functional groups attached to an aromatic ring is 1. The summed E-state index contributed by atoms with van der Waals surface area (Å²) in [5.74, 6) is -3.92. The number of sulfone groups is 1. The molecule has 3 aromatic carbocycles. The van der Waals surface area contributed by atoms with E-state index in [0.717, 1.165) is 31.4 Å². The van der Waals surface area contributed by atoms with Crippen molar-refractivity contribution in [1.82, 2.24) is 9.88 Å². The molecule has 55 heavy (non-hydrogen) atoms. The number of carbonyl (C=O) groups excluding carboxylic acids is 3. The summed E-state index contributed by atoms with van der Waals surface area (Å²) in [6.45, 7) is 2.85. The van der Waals surface area contributed by atoms with Gasteiger partial charge in [0.25, 0.3) is 0 Å². The Morgan fingerprint density at radius 3 is 2.33 bits per heavy atom. The summed E-state index contributed by atoms with van der Waals surface area (Å²) in [6, 6.07) is 9.44. The van der Waals surface area contributed by atoms with Gasteiger partial charge < -0.3 is 35.0 Å². The van der Waals surface area contributed by atoms with Crippen LogP contribution in [0.2, 0.25) is 0 Å². The van der Waals surface area contributed by atoms with Gasteiger partial charge in [-0.2, -0.15) is 13.2 Å². The fourth-order valence-electron chi connectivity index (χ4n) is 6.19. The monoisotopic (exact) mass is 791 g/mol. The maximum Gasteiger partial charge on any atom is 0.493 e. The number of alkyl halides is 3. The topological polar surface area (TPSA) is 180 Å². The van der Waals surface area contributed by atoms with Gasteiger partial charge in [-0.05, 0) is 86.2 Å². The number of hydrogen-bond acceptors (Lipinski definition) is 12. The zero-order valence-electron chi connectivity index (χ0n) is 30.1. The number of aromatic nitrogens is 1. The lowest BCUT2D eigenvalue weighted by molar-refractivity contribution is -0.200. The first kappa shape index (κ1) is 40.3. The van der Waals surface area contributed by atoms with Crippen LogP contribution >= 0.6 is 0 Å². The Morgan fingerprint density at radius 1 is 1.00 bits per heavy atom. The van der Waals surface area contributed by atoms with Gasteiger partial charge in [0.05, 0.1) is 43.2 Å². The van der Waals surface area contributed by atoms with Crippen LogP contribution in [0.1, 0.15) is 49.9 Å². The highest BCUT2D eigenvalue weighted by Gasteiger charge is 2.45. The number of nitrogens with two attached hydrogens (primary N) is 1. The second kappa shape index (κ2) is 15.9. The molecule has 3 N–H and O–H groups in total. The molecule has 0 bridgehead atoms. The van der Waals surface area contributed by atoms with E-state index in [1.165, 1.54) is 45.2 Å². The molecule has 0 aliphatic carbocycles. The standard InChI is InChI=1S/C36H37F4N5O9S/c1-19(2)55(49,50)30-11-9-22(45(35(48)53-5)54-34(47)36(38,39)40)16-25(30)27-7-6-14-44(27)33(46)31(24-17-28(51-3)29(52-4)18-26(24)37)43-21-8-10-23-20(15-21)12-13-42-32(23)41/h8-13,15-19,27,31,43H,6-7,14H2,1-5H3,(H2,41,42)/t27-,31+/m1/s1. The average molecular weight is 792 g/mol. The van der Waals surface area contributed by atoms with E-state index in [9.17, 15) is 36.0 Å². The van der Waals surface area contributed by atoms with Gasteiger partial charge in [0.15, 0.2) is 21.3 Å². The van der Waals surface area contributed by atoms with E-state index < -0.39 is 62.8 Å². The quantitative estimate of drug-likeness (QED) is 0.136. The van der Waals surface area contributed by atoms with E-state index in [0.29, 0.717) is 22.9 Å². The number of likely N-dealkylation sites (tertiary alicyclic amines) is 1. The summed E-state index contributed by atoms with van der Waals surface area (Å²) in [7, 11) is -0.692. The third-order valence-electron chi connectivity index (χ3n) is 8.96. The summed E-state index contributed by atoms with van der Waals surface area (Å²) < 4.78 is 98.3. The Kier molecular flexibility index (Phi) is 11.6. The normalized spacial score (nSPS) is 15.1. The smallest absolute Gasteiger partial charge is 0.493 e. The van der Waals surface area contributed by atoms with E-state index in [4.69, 9.17) is 15.2 Å². The van der Waals surface area contributed by atoms with Crippen LogP contribution in [0, 0.1) is 5.82 Å². The lowest BCUT2D eigenvalue weighted by atomic mass is 10.00. The number of methoxy groups -OCH3 is 3. The third-order valence-corrected chi connectivity index (χ3v) is 11.2. The van der Waals surface area contributed by atoms with Gasteiger partial charge in [0.2, 0.25) is 5.91 Å². The molecule has 1 fully saturated rings. The van der Waals surface area contributed by atoms with Crippen molar-refractivity contribution in [3.05, 3.63) is 77.7 Å². The Bertz CT molecular complexity index is 2240. The number of ether oxygens (including phenoxy) is 3. The number of rotatable bonds is 10. The number of nitrogens with zero attached hydrogens (tertiary/aromatic N) is 3. The number of carbonyl (C=O) groups is 3. The molecule has 0 radical (unpaired) electrons. The molecule has 19 heteroatoms. The highest BCUT2D eigenvalue weighted by molar-refractivity contribution is 7.92. The average Bonchev–Trinajstić information content (AvgIpc) is 3.65. The number of benzene rings is 3. The predicted octanol–water partition coefficient (Wildman–Crippen LogP) is 6.27. The van der Waals surface area contributed by atoms with Crippen LogP contribution in [-0.4, -0.2) is 75.6 Å². The zero-order chi connectivity index (χ0) is 40.4. The molecular weight excluding hydrogens is 754 g/mol. The van der Waals surface area contributed by atoms with Crippen LogP contribution in [0.15, 0.2) is 65.7 Å². The van der Waals surface area contributed by atoms with Crippen LogP contribution in [0.25, 0.3) is 10.8 Å². The summed E-state index contributed by atoms with van der Waals surface area (Å²) in [6.07, 6.45) is -5.10. The molecule has 1 aliphatic heterocycles. The largest absolute Gasteiger partial charge is 0.493 e. The van der Waals surface area contributed by atoms with Crippen LogP contribution in [0.4, 0.5) is 39.5 Å². The van der Waals surface area contributed by atoms with Crippen molar-refractivity contribution >= 4 is 55.8 Å². The maximum absolute atomic E-state index is 16.0. The van der Waals surface area contributed by atoms with E-state index in [-0.39, 0.29) is 51.4 Å². The predicted molar refractivity (Wildman–Crippen MR) is 192 cm³/mol. The van der Waals surface area contributed by atoms with Gasteiger partial charge in [0.1, 0.15) is 17.7 Å². The second-order valence-corrected chi connectivity index (χ2v) is 15.1. The number of nitrogens with one attached hydrogen (secondary N) is 1. The summed E-state index contributed by atoms with van der Waals surface area (Å²) in [4.78, 5) is 48.7. The number of hydroxylamine groups is 1. The first-order valence-electron chi connectivity index (χ1n) is 16.6. The molecule has 1 saturated heterocycles. The number of hydrogen-bond donors (Lipinski definition) is 2. The third kappa shape index (κ3) is 8.15. The van der Waals surface area contributed by atoms with Gasteiger partial charge >= 0.3 is 18.2 Å².